The van der Waals surface area contributed by atoms with Gasteiger partial charge in [0, 0.05) is 12.3 Å². The number of hydrogen-bond acceptors (Lipinski definition) is 1. The number of ketones is 1. The molecule has 15 heavy (non-hydrogen) atoms. The minimum Gasteiger partial charge on any atom is -0.299 e. The van der Waals surface area contributed by atoms with Gasteiger partial charge >= 0.3 is 0 Å². The van der Waals surface area contributed by atoms with Gasteiger partial charge < -0.3 is 0 Å². The molecule has 0 N–H and O–H groups in total. The van der Waals surface area contributed by atoms with Gasteiger partial charge in [0.05, 0.1) is 0 Å². The minimum absolute atomic E-state index is 0.265. The second kappa shape index (κ2) is 4.61. The van der Waals surface area contributed by atoms with Gasteiger partial charge in [0.1, 0.15) is 5.78 Å². The fourth-order valence-electron chi connectivity index (χ4n) is 2.53. The number of carbonyl (C=O) groups is 1. The number of rotatable bonds is 2. The maximum absolute atomic E-state index is 11.8. The molecule has 0 aromatic heterocycles. The van der Waals surface area contributed by atoms with Crippen LogP contribution in [0, 0.1) is 5.92 Å². The minimum atomic E-state index is 0.265. The van der Waals surface area contributed by atoms with E-state index in [1.54, 1.807) is 0 Å². The molecule has 1 fully saturated rings. The van der Waals surface area contributed by atoms with E-state index in [2.05, 4.69) is 31.2 Å². The Morgan fingerprint density at radius 3 is 2.60 bits per heavy atom. The van der Waals surface area contributed by atoms with Crippen LogP contribution in [0.25, 0.3) is 0 Å². The van der Waals surface area contributed by atoms with Gasteiger partial charge in [-0.2, -0.15) is 0 Å². The van der Waals surface area contributed by atoms with E-state index in [-0.39, 0.29) is 5.92 Å². The quantitative estimate of drug-likeness (QED) is 0.716. The summed E-state index contributed by atoms with van der Waals surface area (Å²) in [6.07, 6.45) is 4.18. The Kier molecular flexibility index (Phi) is 3.20. The van der Waals surface area contributed by atoms with Crippen molar-refractivity contribution in [2.75, 3.05) is 0 Å². The molecule has 1 aromatic rings. The molecule has 80 valence electrons. The van der Waals surface area contributed by atoms with Crippen LogP contribution in [0.5, 0.6) is 0 Å². The summed E-state index contributed by atoms with van der Waals surface area (Å²) in [5.41, 5.74) is 1.30. The molecule has 0 amide bonds. The Hall–Kier alpha value is -1.11. The molecular formula is C14H18O. The van der Waals surface area contributed by atoms with Gasteiger partial charge in [-0.05, 0) is 24.3 Å². The van der Waals surface area contributed by atoms with Gasteiger partial charge in [-0.1, -0.05) is 43.7 Å². The third kappa shape index (κ3) is 2.28. The molecule has 0 saturated heterocycles. The van der Waals surface area contributed by atoms with Crippen LogP contribution in [0.2, 0.25) is 0 Å². The summed E-state index contributed by atoms with van der Waals surface area (Å²) >= 11 is 0. The predicted molar refractivity (Wildman–Crippen MR) is 61.8 cm³/mol. The smallest absolute Gasteiger partial charge is 0.136 e. The lowest BCUT2D eigenvalue weighted by Crippen LogP contribution is -2.24. The lowest BCUT2D eigenvalue weighted by Gasteiger charge is -2.26. The molecular weight excluding hydrogens is 184 g/mol. The van der Waals surface area contributed by atoms with Crippen molar-refractivity contribution in [1.82, 2.24) is 0 Å². The number of carbonyl (C=O) groups excluding carboxylic acids is 1. The maximum Gasteiger partial charge on any atom is 0.136 e. The van der Waals surface area contributed by atoms with Crippen LogP contribution in [-0.4, -0.2) is 5.78 Å². The zero-order valence-electron chi connectivity index (χ0n) is 9.28. The van der Waals surface area contributed by atoms with Crippen LogP contribution in [0.4, 0.5) is 0 Å². The zero-order chi connectivity index (χ0) is 10.7. The SMILES string of the molecule is C[C@@H](c1ccccc1)[C@H]1CCCCC1=O. The topological polar surface area (TPSA) is 17.1 Å². The summed E-state index contributed by atoms with van der Waals surface area (Å²) in [6.45, 7) is 2.18. The predicted octanol–water partition coefficient (Wildman–Crippen LogP) is 3.55. The summed E-state index contributed by atoms with van der Waals surface area (Å²) in [5.74, 6) is 1.12. The molecule has 1 nitrogen and oxygen atoms in total. The highest BCUT2D eigenvalue weighted by Crippen LogP contribution is 2.33. The first-order valence-corrected chi connectivity index (χ1v) is 5.86. The van der Waals surface area contributed by atoms with Gasteiger partial charge in [0.15, 0.2) is 0 Å². The molecule has 1 saturated carbocycles. The van der Waals surface area contributed by atoms with Crippen molar-refractivity contribution in [3.8, 4) is 0 Å². The molecule has 0 heterocycles. The number of benzene rings is 1. The van der Waals surface area contributed by atoms with Crippen LogP contribution in [0.1, 0.15) is 44.1 Å². The number of Topliss-reactive ketones (excluding diaryl/α,β-unsaturated/α-hetero) is 1. The highest BCUT2D eigenvalue weighted by molar-refractivity contribution is 5.82. The fourth-order valence-corrected chi connectivity index (χ4v) is 2.53. The first-order chi connectivity index (χ1) is 7.29. The van der Waals surface area contributed by atoms with Crippen LogP contribution in [-0.2, 0) is 4.79 Å². The highest BCUT2D eigenvalue weighted by atomic mass is 16.1. The lowest BCUT2D eigenvalue weighted by molar-refractivity contribution is -0.125. The lowest BCUT2D eigenvalue weighted by atomic mass is 9.77. The van der Waals surface area contributed by atoms with Crippen LogP contribution in [0.15, 0.2) is 30.3 Å². The standard InChI is InChI=1S/C14H18O/c1-11(12-7-3-2-4-8-12)13-9-5-6-10-14(13)15/h2-4,7-8,11,13H,5-6,9-10H2,1H3/t11-,13+/m0/s1. The summed E-state index contributed by atoms with van der Waals surface area (Å²) in [5, 5.41) is 0. The van der Waals surface area contributed by atoms with Crippen LogP contribution in [0.3, 0.4) is 0 Å². The molecule has 0 radical (unpaired) electrons. The Morgan fingerprint density at radius 2 is 1.93 bits per heavy atom. The largest absolute Gasteiger partial charge is 0.299 e. The maximum atomic E-state index is 11.8. The fraction of sp³-hybridized carbons (Fsp3) is 0.500. The Morgan fingerprint density at radius 1 is 1.20 bits per heavy atom. The van der Waals surface area contributed by atoms with Crippen LogP contribution >= 0.6 is 0 Å². The third-order valence-electron chi connectivity index (χ3n) is 3.53. The van der Waals surface area contributed by atoms with Gasteiger partial charge in [-0.3, -0.25) is 4.79 Å². The molecule has 1 aromatic carbocycles. The average Bonchev–Trinajstić information content (AvgIpc) is 2.30. The van der Waals surface area contributed by atoms with E-state index in [0.717, 1.165) is 19.3 Å². The number of hydrogen-bond donors (Lipinski definition) is 0. The molecule has 0 aliphatic heterocycles. The van der Waals surface area contributed by atoms with E-state index in [4.69, 9.17) is 0 Å². The first kappa shape index (κ1) is 10.4. The van der Waals surface area contributed by atoms with Crippen molar-refractivity contribution in [2.45, 2.75) is 38.5 Å². The van der Waals surface area contributed by atoms with Gasteiger partial charge in [-0.15, -0.1) is 0 Å². The summed E-state index contributed by atoms with van der Waals surface area (Å²) in [6, 6.07) is 10.4. The zero-order valence-corrected chi connectivity index (χ0v) is 9.28. The molecule has 0 spiro atoms. The van der Waals surface area contributed by atoms with Crippen molar-refractivity contribution in [3.05, 3.63) is 35.9 Å². The average molecular weight is 202 g/mol. The Labute approximate surface area is 91.5 Å². The van der Waals surface area contributed by atoms with Crippen molar-refractivity contribution in [2.24, 2.45) is 5.92 Å². The molecule has 1 heteroatoms. The summed E-state index contributed by atoms with van der Waals surface area (Å²) in [4.78, 5) is 11.8. The molecule has 2 atom stereocenters. The van der Waals surface area contributed by atoms with Crippen molar-refractivity contribution < 1.29 is 4.79 Å². The Bertz CT molecular complexity index is 328. The summed E-state index contributed by atoms with van der Waals surface area (Å²) < 4.78 is 0. The van der Waals surface area contributed by atoms with E-state index in [9.17, 15) is 4.79 Å². The molecule has 2 rings (SSSR count). The van der Waals surface area contributed by atoms with Crippen molar-refractivity contribution in [3.63, 3.8) is 0 Å². The molecule has 1 aliphatic rings. The van der Waals surface area contributed by atoms with Crippen molar-refractivity contribution >= 4 is 5.78 Å². The van der Waals surface area contributed by atoms with E-state index >= 15 is 0 Å². The van der Waals surface area contributed by atoms with E-state index in [1.807, 2.05) is 6.07 Å². The monoisotopic (exact) mass is 202 g/mol. The Balaban J connectivity index is 2.13. The van der Waals surface area contributed by atoms with Crippen LogP contribution < -0.4 is 0 Å². The highest BCUT2D eigenvalue weighted by Gasteiger charge is 2.27. The molecule has 1 aliphatic carbocycles. The van der Waals surface area contributed by atoms with E-state index in [1.165, 1.54) is 12.0 Å². The normalized spacial score (nSPS) is 23.8. The second-order valence-electron chi connectivity index (χ2n) is 4.52. The van der Waals surface area contributed by atoms with Gasteiger partial charge in [0.25, 0.3) is 0 Å². The second-order valence-corrected chi connectivity index (χ2v) is 4.52. The van der Waals surface area contributed by atoms with Gasteiger partial charge in [0.2, 0.25) is 0 Å². The first-order valence-electron chi connectivity index (χ1n) is 5.86. The molecule has 0 bridgehead atoms. The van der Waals surface area contributed by atoms with Gasteiger partial charge in [-0.25, -0.2) is 0 Å². The summed E-state index contributed by atoms with van der Waals surface area (Å²) in [7, 11) is 0. The van der Waals surface area contributed by atoms with E-state index < -0.39 is 0 Å². The van der Waals surface area contributed by atoms with Crippen molar-refractivity contribution in [1.29, 1.82) is 0 Å². The van der Waals surface area contributed by atoms with E-state index in [0.29, 0.717) is 11.7 Å². The third-order valence-corrected chi connectivity index (χ3v) is 3.53. The molecule has 0 unspecified atom stereocenters.